The average Bonchev–Trinajstić information content (AvgIpc) is 3.06. The zero-order valence-corrected chi connectivity index (χ0v) is 15.9. The van der Waals surface area contributed by atoms with Crippen molar-refractivity contribution in [2.75, 3.05) is 42.9 Å². The summed E-state index contributed by atoms with van der Waals surface area (Å²) in [7, 11) is 0. The maximum atomic E-state index is 12.9. The number of hydrogen-bond donors (Lipinski definition) is 1. The quantitative estimate of drug-likeness (QED) is 0.757. The molecule has 1 N–H and O–H groups in total. The third-order valence-corrected chi connectivity index (χ3v) is 5.36. The van der Waals surface area contributed by atoms with Gasteiger partial charge in [0.15, 0.2) is 5.76 Å². The summed E-state index contributed by atoms with van der Waals surface area (Å²) in [5.41, 5.74) is 3.50. The molecule has 0 unspecified atom stereocenters. The summed E-state index contributed by atoms with van der Waals surface area (Å²) in [6, 6.07) is 15.7. The van der Waals surface area contributed by atoms with Crippen LogP contribution in [0, 0.1) is 6.92 Å². The number of amides is 1. The van der Waals surface area contributed by atoms with Crippen LogP contribution in [-0.4, -0.2) is 43.5 Å². The van der Waals surface area contributed by atoms with Gasteiger partial charge in [-0.3, -0.25) is 4.79 Å². The van der Waals surface area contributed by atoms with Gasteiger partial charge in [-0.05, 0) is 31.7 Å². The van der Waals surface area contributed by atoms with Crippen molar-refractivity contribution in [1.82, 2.24) is 4.90 Å². The van der Waals surface area contributed by atoms with Crippen LogP contribution in [0.5, 0.6) is 0 Å². The van der Waals surface area contributed by atoms with Gasteiger partial charge < -0.3 is 19.5 Å². The number of hydrogen-bond acceptors (Lipinski definition) is 4. The topological polar surface area (TPSA) is 48.7 Å². The van der Waals surface area contributed by atoms with Gasteiger partial charge in [0, 0.05) is 37.1 Å². The van der Waals surface area contributed by atoms with Crippen molar-refractivity contribution in [2.45, 2.75) is 13.8 Å². The number of fused-ring (bicyclic) bond motifs is 1. The Balaban J connectivity index is 1.57. The van der Waals surface area contributed by atoms with Gasteiger partial charge in [0.1, 0.15) is 5.58 Å². The van der Waals surface area contributed by atoms with Crippen LogP contribution in [0.4, 0.5) is 11.4 Å². The van der Waals surface area contributed by atoms with Gasteiger partial charge in [-0.2, -0.15) is 0 Å². The number of furan rings is 1. The normalized spacial score (nSPS) is 15.3. The number of nitrogens with one attached hydrogen (secondary N) is 1. The Bertz CT molecular complexity index is 955. The second-order valence-corrected chi connectivity index (χ2v) is 6.94. The fraction of sp³-hybridized carbons (Fsp3) is 0.318. The van der Waals surface area contributed by atoms with Gasteiger partial charge in [0.25, 0.3) is 5.91 Å². The van der Waals surface area contributed by atoms with E-state index in [0.29, 0.717) is 5.76 Å². The van der Waals surface area contributed by atoms with E-state index in [1.54, 1.807) is 0 Å². The molecule has 1 fully saturated rings. The Morgan fingerprint density at radius 3 is 2.48 bits per heavy atom. The van der Waals surface area contributed by atoms with Gasteiger partial charge >= 0.3 is 0 Å². The summed E-state index contributed by atoms with van der Waals surface area (Å²) in [5, 5.41) is 4.04. The predicted molar refractivity (Wildman–Crippen MR) is 110 cm³/mol. The van der Waals surface area contributed by atoms with Crippen LogP contribution in [0.15, 0.2) is 52.9 Å². The van der Waals surface area contributed by atoms with Crippen LogP contribution in [0.1, 0.15) is 23.0 Å². The Morgan fingerprint density at radius 1 is 1.04 bits per heavy atom. The van der Waals surface area contributed by atoms with Crippen LogP contribution >= 0.6 is 0 Å². The van der Waals surface area contributed by atoms with Crippen molar-refractivity contribution in [2.24, 2.45) is 0 Å². The van der Waals surface area contributed by atoms with Crippen LogP contribution in [0.3, 0.4) is 0 Å². The molecule has 140 valence electrons. The lowest BCUT2D eigenvalue weighted by Crippen LogP contribution is -2.46. The molecule has 4 rings (SSSR count). The molecule has 0 spiro atoms. The fourth-order valence-corrected chi connectivity index (χ4v) is 3.73. The second-order valence-electron chi connectivity index (χ2n) is 6.94. The maximum absolute atomic E-state index is 12.9. The number of nitrogens with zero attached hydrogens (tertiary/aromatic N) is 2. The van der Waals surface area contributed by atoms with E-state index in [9.17, 15) is 4.79 Å². The van der Waals surface area contributed by atoms with Crippen molar-refractivity contribution in [1.29, 1.82) is 0 Å². The zero-order chi connectivity index (χ0) is 18.8. The molecule has 0 aliphatic carbocycles. The summed E-state index contributed by atoms with van der Waals surface area (Å²) < 4.78 is 5.81. The van der Waals surface area contributed by atoms with Crippen molar-refractivity contribution in [3.8, 4) is 0 Å². The van der Waals surface area contributed by atoms with Crippen molar-refractivity contribution in [3.63, 3.8) is 0 Å². The van der Waals surface area contributed by atoms with E-state index in [4.69, 9.17) is 4.42 Å². The molecule has 0 atom stereocenters. The highest BCUT2D eigenvalue weighted by Crippen LogP contribution is 2.29. The Labute approximate surface area is 159 Å². The highest BCUT2D eigenvalue weighted by atomic mass is 16.3. The minimum atomic E-state index is -0.205. The summed E-state index contributed by atoms with van der Waals surface area (Å²) >= 11 is 0. The van der Waals surface area contributed by atoms with Gasteiger partial charge in [-0.25, -0.2) is 0 Å². The fourth-order valence-electron chi connectivity index (χ4n) is 3.73. The van der Waals surface area contributed by atoms with Gasteiger partial charge in [0.2, 0.25) is 0 Å². The van der Waals surface area contributed by atoms with Crippen molar-refractivity contribution in [3.05, 3.63) is 59.9 Å². The van der Waals surface area contributed by atoms with Crippen LogP contribution < -0.4 is 10.2 Å². The smallest absolute Gasteiger partial charge is 0.291 e. The molecule has 1 aromatic heterocycles. The number of para-hydroxylation sites is 3. The van der Waals surface area contributed by atoms with Crippen LogP contribution in [0.25, 0.3) is 11.0 Å². The third kappa shape index (κ3) is 3.43. The molecular weight excluding hydrogens is 338 g/mol. The monoisotopic (exact) mass is 363 g/mol. The molecule has 1 saturated heterocycles. The second kappa shape index (κ2) is 7.45. The SMILES string of the molecule is CCN1CCN(c2ccccc2NC(=O)c2oc3ccccc3c2C)CC1. The number of rotatable bonds is 4. The predicted octanol–water partition coefficient (Wildman–Crippen LogP) is 4.14. The molecule has 2 aromatic carbocycles. The number of carbonyl (C=O) groups excluding carboxylic acids is 1. The van der Waals surface area contributed by atoms with E-state index in [1.807, 2.05) is 49.4 Å². The first-order chi connectivity index (χ1) is 13.2. The minimum Gasteiger partial charge on any atom is -0.451 e. The van der Waals surface area contributed by atoms with E-state index in [1.165, 1.54) is 0 Å². The first kappa shape index (κ1) is 17.6. The van der Waals surface area contributed by atoms with Gasteiger partial charge in [-0.15, -0.1) is 0 Å². The van der Waals surface area contributed by atoms with E-state index in [2.05, 4.69) is 28.1 Å². The number of likely N-dealkylation sites (N-methyl/N-ethyl adjacent to an activating group) is 1. The highest BCUT2D eigenvalue weighted by molar-refractivity contribution is 6.07. The Morgan fingerprint density at radius 2 is 1.74 bits per heavy atom. The van der Waals surface area contributed by atoms with E-state index in [0.717, 1.165) is 60.6 Å². The summed E-state index contributed by atoms with van der Waals surface area (Å²) in [5.74, 6) is 0.171. The van der Waals surface area contributed by atoms with E-state index < -0.39 is 0 Å². The first-order valence-electron chi connectivity index (χ1n) is 9.53. The maximum Gasteiger partial charge on any atom is 0.291 e. The van der Waals surface area contributed by atoms with Crippen molar-refractivity contribution >= 4 is 28.3 Å². The molecule has 1 aliphatic heterocycles. The number of aryl methyl sites for hydroxylation is 1. The number of anilines is 2. The van der Waals surface area contributed by atoms with Crippen LogP contribution in [-0.2, 0) is 0 Å². The lowest BCUT2D eigenvalue weighted by molar-refractivity contribution is 0.0998. The van der Waals surface area contributed by atoms with Gasteiger partial charge in [-0.1, -0.05) is 37.3 Å². The largest absolute Gasteiger partial charge is 0.451 e. The lowest BCUT2D eigenvalue weighted by Gasteiger charge is -2.36. The molecule has 5 nitrogen and oxygen atoms in total. The minimum absolute atomic E-state index is 0.205. The number of benzene rings is 2. The molecule has 0 radical (unpaired) electrons. The lowest BCUT2D eigenvalue weighted by atomic mass is 10.1. The average molecular weight is 363 g/mol. The molecule has 27 heavy (non-hydrogen) atoms. The molecule has 2 heterocycles. The number of carbonyl (C=O) groups is 1. The van der Waals surface area contributed by atoms with Crippen molar-refractivity contribution < 1.29 is 9.21 Å². The molecule has 1 aliphatic rings. The van der Waals surface area contributed by atoms with E-state index >= 15 is 0 Å². The number of piperazine rings is 1. The van der Waals surface area contributed by atoms with Gasteiger partial charge in [0.05, 0.1) is 11.4 Å². The molecule has 1 amide bonds. The molecule has 3 aromatic rings. The summed E-state index contributed by atoms with van der Waals surface area (Å²) in [6.45, 7) is 9.21. The van der Waals surface area contributed by atoms with Crippen LogP contribution in [0.2, 0.25) is 0 Å². The zero-order valence-electron chi connectivity index (χ0n) is 15.9. The Hall–Kier alpha value is -2.79. The standard InChI is InChI=1S/C22H25N3O2/c1-3-24-12-14-25(15-13-24)19-10-6-5-9-18(19)23-22(26)21-16(2)17-8-4-7-11-20(17)27-21/h4-11H,3,12-15H2,1-2H3,(H,23,26). The molecule has 5 heteroatoms. The van der Waals surface area contributed by atoms with E-state index in [-0.39, 0.29) is 5.91 Å². The summed E-state index contributed by atoms with van der Waals surface area (Å²) in [4.78, 5) is 17.7. The molecular formula is C22H25N3O2. The highest BCUT2D eigenvalue weighted by Gasteiger charge is 2.21. The Kier molecular flexibility index (Phi) is 4.86. The molecule has 0 saturated carbocycles. The third-order valence-electron chi connectivity index (χ3n) is 5.36. The summed E-state index contributed by atoms with van der Waals surface area (Å²) in [6.07, 6.45) is 0. The first-order valence-corrected chi connectivity index (χ1v) is 9.53. The molecule has 0 bridgehead atoms.